The van der Waals surface area contributed by atoms with Gasteiger partial charge in [-0.15, -0.1) is 0 Å². The number of hydrogen-bond acceptors (Lipinski definition) is 3. The highest BCUT2D eigenvalue weighted by Crippen LogP contribution is 2.31. The van der Waals surface area contributed by atoms with Crippen molar-refractivity contribution in [3.63, 3.8) is 0 Å². The summed E-state index contributed by atoms with van der Waals surface area (Å²) in [5, 5.41) is 2.48. The highest BCUT2D eigenvalue weighted by Gasteiger charge is 2.43. The summed E-state index contributed by atoms with van der Waals surface area (Å²) in [6, 6.07) is 0.640. The minimum Gasteiger partial charge on any atom is -0.319 e. The van der Waals surface area contributed by atoms with Crippen LogP contribution in [0, 0.1) is 5.92 Å². The second-order valence-electron chi connectivity index (χ2n) is 5.80. The number of nitrogens with zero attached hydrogens (tertiary/aromatic N) is 2. The van der Waals surface area contributed by atoms with Gasteiger partial charge in [-0.25, -0.2) is 4.79 Å². The Balaban J connectivity index is 1.74. The quantitative estimate of drug-likeness (QED) is 0.750. The Labute approximate surface area is 107 Å². The summed E-state index contributed by atoms with van der Waals surface area (Å²) >= 11 is 0. The fourth-order valence-electron chi connectivity index (χ4n) is 3.63. The van der Waals surface area contributed by atoms with E-state index in [1.807, 2.05) is 11.8 Å². The highest BCUT2D eigenvalue weighted by atomic mass is 16.2. The number of piperidine rings is 1. The topological polar surface area (TPSA) is 52.6 Å². The number of urea groups is 1. The minimum atomic E-state index is -0.185. The van der Waals surface area contributed by atoms with E-state index in [1.165, 1.54) is 25.8 Å². The smallest absolute Gasteiger partial charge is 0.319 e. The van der Waals surface area contributed by atoms with E-state index in [1.54, 1.807) is 0 Å². The monoisotopic (exact) mass is 251 g/mol. The zero-order valence-electron chi connectivity index (χ0n) is 10.9. The molecule has 0 saturated carbocycles. The fourth-order valence-corrected chi connectivity index (χ4v) is 3.63. The van der Waals surface area contributed by atoms with Gasteiger partial charge in [-0.05, 0) is 25.8 Å². The molecule has 3 amide bonds. The Morgan fingerprint density at radius 3 is 2.78 bits per heavy atom. The fraction of sp³-hybridized carbons (Fsp3) is 0.846. The number of rotatable bonds is 1. The average Bonchev–Trinajstić information content (AvgIpc) is 2.78. The summed E-state index contributed by atoms with van der Waals surface area (Å²) in [5.41, 5.74) is 0. The first kappa shape index (κ1) is 12.0. The van der Waals surface area contributed by atoms with Crippen LogP contribution < -0.4 is 5.32 Å². The third-order valence-electron chi connectivity index (χ3n) is 4.63. The zero-order chi connectivity index (χ0) is 12.7. The maximum absolute atomic E-state index is 12.0. The van der Waals surface area contributed by atoms with Gasteiger partial charge in [0.15, 0.2) is 0 Å². The second-order valence-corrected chi connectivity index (χ2v) is 5.80. The van der Waals surface area contributed by atoms with Gasteiger partial charge in [-0.1, -0.05) is 13.3 Å². The standard InChI is InChI=1S/C13H21N3O2/c1-9-8-16(13(18)14-12(9)17)11-5-7-15-6-3-2-4-10(11)15/h9-11H,2-8H2,1H3,(H,14,17,18). The van der Waals surface area contributed by atoms with E-state index in [0.29, 0.717) is 18.6 Å². The predicted molar refractivity (Wildman–Crippen MR) is 67.0 cm³/mol. The molecule has 0 radical (unpaired) electrons. The minimum absolute atomic E-state index is 0.0830. The van der Waals surface area contributed by atoms with Gasteiger partial charge < -0.3 is 4.90 Å². The molecule has 3 unspecified atom stereocenters. The van der Waals surface area contributed by atoms with Gasteiger partial charge in [0.2, 0.25) is 5.91 Å². The number of fused-ring (bicyclic) bond motifs is 1. The van der Waals surface area contributed by atoms with Gasteiger partial charge in [0.1, 0.15) is 0 Å². The lowest BCUT2D eigenvalue weighted by molar-refractivity contribution is -0.125. The van der Waals surface area contributed by atoms with Crippen LogP contribution in [0.15, 0.2) is 0 Å². The number of nitrogens with one attached hydrogen (secondary N) is 1. The van der Waals surface area contributed by atoms with Crippen LogP contribution in [0.5, 0.6) is 0 Å². The van der Waals surface area contributed by atoms with E-state index in [0.717, 1.165) is 13.0 Å². The van der Waals surface area contributed by atoms with Crippen LogP contribution in [0.4, 0.5) is 4.79 Å². The van der Waals surface area contributed by atoms with Crippen LogP contribution in [0.2, 0.25) is 0 Å². The van der Waals surface area contributed by atoms with E-state index in [2.05, 4.69) is 10.2 Å². The van der Waals surface area contributed by atoms with Gasteiger partial charge in [0.05, 0.1) is 12.0 Å². The largest absolute Gasteiger partial charge is 0.324 e. The Bertz CT molecular complexity index is 371. The molecule has 3 rings (SSSR count). The summed E-state index contributed by atoms with van der Waals surface area (Å²) < 4.78 is 0. The molecular formula is C13H21N3O2. The Morgan fingerprint density at radius 1 is 1.11 bits per heavy atom. The Morgan fingerprint density at radius 2 is 1.94 bits per heavy atom. The molecule has 1 N–H and O–H groups in total. The molecule has 0 spiro atoms. The van der Waals surface area contributed by atoms with Crippen molar-refractivity contribution in [3.05, 3.63) is 0 Å². The first-order valence-corrected chi connectivity index (χ1v) is 7.02. The van der Waals surface area contributed by atoms with E-state index < -0.39 is 0 Å². The summed E-state index contributed by atoms with van der Waals surface area (Å²) in [5.74, 6) is -0.213. The third kappa shape index (κ3) is 1.90. The number of carbonyl (C=O) groups excluding carboxylic acids is 2. The number of imide groups is 1. The third-order valence-corrected chi connectivity index (χ3v) is 4.63. The summed E-state index contributed by atoms with van der Waals surface area (Å²) in [4.78, 5) is 27.9. The van der Waals surface area contributed by atoms with E-state index in [-0.39, 0.29) is 17.9 Å². The number of carbonyl (C=O) groups is 2. The molecule has 0 aromatic heterocycles. The molecular weight excluding hydrogens is 230 g/mol. The van der Waals surface area contributed by atoms with Crippen molar-refractivity contribution in [2.24, 2.45) is 5.92 Å². The van der Waals surface area contributed by atoms with E-state index >= 15 is 0 Å². The van der Waals surface area contributed by atoms with Gasteiger partial charge in [-0.3, -0.25) is 15.0 Å². The van der Waals surface area contributed by atoms with E-state index in [4.69, 9.17) is 0 Å². The van der Waals surface area contributed by atoms with Crippen LogP contribution in [-0.4, -0.2) is 53.5 Å². The summed E-state index contributed by atoms with van der Waals surface area (Å²) in [6.45, 7) is 4.74. The molecule has 5 heteroatoms. The van der Waals surface area contributed by atoms with Crippen molar-refractivity contribution in [1.82, 2.24) is 15.1 Å². The van der Waals surface area contributed by atoms with Crippen molar-refractivity contribution < 1.29 is 9.59 Å². The van der Waals surface area contributed by atoms with Gasteiger partial charge in [0, 0.05) is 19.1 Å². The SMILES string of the molecule is CC1CN(C2CCN3CCCCC23)C(=O)NC1=O. The second kappa shape index (κ2) is 4.53. The predicted octanol–water partition coefficient (Wildman–Crippen LogP) is 0.801. The molecule has 100 valence electrons. The molecule has 3 saturated heterocycles. The van der Waals surface area contributed by atoms with Crippen molar-refractivity contribution in [1.29, 1.82) is 0 Å². The molecule has 18 heavy (non-hydrogen) atoms. The normalized spacial score (nSPS) is 37.6. The Kier molecular flexibility index (Phi) is 3.01. The van der Waals surface area contributed by atoms with Crippen molar-refractivity contribution in [2.75, 3.05) is 19.6 Å². The molecule has 3 atom stereocenters. The van der Waals surface area contributed by atoms with Gasteiger partial charge >= 0.3 is 6.03 Å². The molecule has 3 fully saturated rings. The molecule has 0 aromatic carbocycles. The van der Waals surface area contributed by atoms with Gasteiger partial charge in [0.25, 0.3) is 0 Å². The Hall–Kier alpha value is -1.10. The number of amides is 3. The molecule has 0 aliphatic carbocycles. The molecule has 0 aromatic rings. The average molecular weight is 251 g/mol. The van der Waals surface area contributed by atoms with Crippen molar-refractivity contribution >= 4 is 11.9 Å². The first-order chi connectivity index (χ1) is 8.66. The lowest BCUT2D eigenvalue weighted by Crippen LogP contribution is -2.59. The molecule has 3 aliphatic rings. The lowest BCUT2D eigenvalue weighted by Gasteiger charge is -2.40. The van der Waals surface area contributed by atoms with Crippen LogP contribution >= 0.6 is 0 Å². The highest BCUT2D eigenvalue weighted by molar-refractivity contribution is 5.97. The number of hydrogen-bond donors (Lipinski definition) is 1. The maximum Gasteiger partial charge on any atom is 0.324 e. The van der Waals surface area contributed by atoms with Crippen molar-refractivity contribution in [3.8, 4) is 0 Å². The van der Waals surface area contributed by atoms with Crippen LogP contribution in [0.3, 0.4) is 0 Å². The summed E-state index contributed by atoms with van der Waals surface area (Å²) in [6.07, 6.45) is 4.79. The maximum atomic E-state index is 12.0. The van der Waals surface area contributed by atoms with Gasteiger partial charge in [-0.2, -0.15) is 0 Å². The lowest BCUT2D eigenvalue weighted by atomic mass is 9.96. The zero-order valence-corrected chi connectivity index (χ0v) is 10.9. The molecule has 5 nitrogen and oxygen atoms in total. The van der Waals surface area contributed by atoms with E-state index in [9.17, 15) is 9.59 Å². The summed E-state index contributed by atoms with van der Waals surface area (Å²) in [7, 11) is 0. The molecule has 3 aliphatic heterocycles. The van der Waals surface area contributed by atoms with Crippen LogP contribution in [0.1, 0.15) is 32.6 Å². The van der Waals surface area contributed by atoms with Crippen LogP contribution in [0.25, 0.3) is 0 Å². The molecule has 0 bridgehead atoms. The van der Waals surface area contributed by atoms with Crippen LogP contribution in [-0.2, 0) is 4.79 Å². The molecule has 3 heterocycles. The first-order valence-electron chi connectivity index (χ1n) is 7.02. The van der Waals surface area contributed by atoms with Crippen molar-refractivity contribution in [2.45, 2.75) is 44.7 Å².